The number of aryl methyl sites for hydroxylation is 1. The van der Waals surface area contributed by atoms with Gasteiger partial charge in [-0.1, -0.05) is 18.2 Å². The molecule has 3 aromatic heterocycles. The van der Waals surface area contributed by atoms with Gasteiger partial charge in [0.2, 0.25) is 5.91 Å². The van der Waals surface area contributed by atoms with Crippen molar-refractivity contribution in [3.63, 3.8) is 0 Å². The maximum Gasteiger partial charge on any atom is 0.332 e. The lowest BCUT2D eigenvalue weighted by Gasteiger charge is -2.27. The molecule has 29 heavy (non-hydrogen) atoms. The number of para-hydroxylation sites is 1. The highest BCUT2D eigenvalue weighted by atomic mass is 16.2. The number of fused-ring (bicyclic) bond motifs is 4. The summed E-state index contributed by atoms with van der Waals surface area (Å²) >= 11 is 0. The predicted octanol–water partition coefficient (Wildman–Crippen LogP) is 0.500. The number of nitrogens with zero attached hydrogens (tertiary/aromatic N) is 5. The monoisotopic (exact) mass is 392 g/mol. The fraction of sp³-hybridized carbons (Fsp3) is 0.300. The summed E-state index contributed by atoms with van der Waals surface area (Å²) in [4.78, 5) is 47.1. The van der Waals surface area contributed by atoms with Crippen molar-refractivity contribution in [3.8, 4) is 0 Å². The van der Waals surface area contributed by atoms with E-state index in [1.54, 1.807) is 11.9 Å². The van der Waals surface area contributed by atoms with Crippen LogP contribution in [0.2, 0.25) is 0 Å². The Morgan fingerprint density at radius 1 is 1.17 bits per heavy atom. The zero-order valence-corrected chi connectivity index (χ0v) is 16.2. The van der Waals surface area contributed by atoms with Crippen molar-refractivity contribution in [2.75, 3.05) is 6.54 Å². The van der Waals surface area contributed by atoms with Crippen molar-refractivity contribution in [1.82, 2.24) is 28.6 Å². The van der Waals surface area contributed by atoms with Crippen molar-refractivity contribution in [1.29, 1.82) is 0 Å². The number of carbonyl (C=O) groups excluding carboxylic acids is 1. The van der Waals surface area contributed by atoms with Gasteiger partial charge in [0.05, 0.1) is 6.33 Å². The third kappa shape index (κ3) is 2.54. The summed E-state index contributed by atoms with van der Waals surface area (Å²) in [5, 5.41) is 1.14. The Kier molecular flexibility index (Phi) is 3.73. The summed E-state index contributed by atoms with van der Waals surface area (Å²) in [7, 11) is 2.99. The Bertz CT molecular complexity index is 1400. The Morgan fingerprint density at radius 3 is 2.79 bits per heavy atom. The number of H-pyrrole nitrogens is 1. The number of hydrogen-bond acceptors (Lipinski definition) is 4. The van der Waals surface area contributed by atoms with Crippen LogP contribution in [-0.4, -0.2) is 41.0 Å². The Balaban J connectivity index is 1.47. The fourth-order valence-electron chi connectivity index (χ4n) is 4.14. The zero-order valence-electron chi connectivity index (χ0n) is 16.2. The molecule has 0 saturated heterocycles. The highest BCUT2D eigenvalue weighted by molar-refractivity contribution is 5.86. The Hall–Kier alpha value is -3.62. The van der Waals surface area contributed by atoms with Gasteiger partial charge >= 0.3 is 5.69 Å². The normalized spacial score (nSPS) is 13.9. The van der Waals surface area contributed by atoms with Crippen LogP contribution in [-0.2, 0) is 38.4 Å². The Morgan fingerprint density at radius 2 is 1.97 bits per heavy atom. The summed E-state index contributed by atoms with van der Waals surface area (Å²) in [6.07, 6.45) is 2.21. The van der Waals surface area contributed by atoms with Crippen molar-refractivity contribution in [2.24, 2.45) is 14.1 Å². The van der Waals surface area contributed by atoms with Crippen LogP contribution in [0.1, 0.15) is 11.3 Å². The second kappa shape index (κ2) is 6.20. The molecule has 0 radical (unpaired) electrons. The molecule has 1 N–H and O–H groups in total. The van der Waals surface area contributed by atoms with E-state index >= 15 is 0 Å². The number of benzene rings is 1. The van der Waals surface area contributed by atoms with Crippen LogP contribution in [0.25, 0.3) is 22.1 Å². The average molecular weight is 392 g/mol. The van der Waals surface area contributed by atoms with E-state index in [2.05, 4.69) is 16.0 Å². The zero-order chi connectivity index (χ0) is 20.3. The van der Waals surface area contributed by atoms with Gasteiger partial charge in [-0.2, -0.15) is 0 Å². The number of aromatic nitrogens is 5. The second-order valence-corrected chi connectivity index (χ2v) is 7.44. The highest BCUT2D eigenvalue weighted by Crippen LogP contribution is 2.27. The SMILES string of the molecule is Cn1c(=O)c2c(ncn2CC(=O)N2CCc3[nH]c4ccccc4c3C2)n(C)c1=O. The van der Waals surface area contributed by atoms with E-state index < -0.39 is 11.2 Å². The molecule has 0 saturated carbocycles. The average Bonchev–Trinajstić information content (AvgIpc) is 3.31. The molecule has 0 atom stereocenters. The van der Waals surface area contributed by atoms with Crippen LogP contribution in [0.5, 0.6) is 0 Å². The molecule has 9 nitrogen and oxygen atoms in total. The summed E-state index contributed by atoms with van der Waals surface area (Å²) in [6.45, 7) is 1.14. The van der Waals surface area contributed by atoms with E-state index in [4.69, 9.17) is 0 Å². The van der Waals surface area contributed by atoms with E-state index in [-0.39, 0.29) is 23.6 Å². The number of rotatable bonds is 2. The molecule has 9 heteroatoms. The maximum atomic E-state index is 13.0. The van der Waals surface area contributed by atoms with Crippen LogP contribution >= 0.6 is 0 Å². The van der Waals surface area contributed by atoms with Crippen LogP contribution in [0.15, 0.2) is 40.2 Å². The standard InChI is InChI=1S/C20H20N6O3/c1-23-18-17(19(28)24(2)20(23)29)26(11-21-18)10-16(27)25-8-7-15-13(9-25)12-5-3-4-6-14(12)22-15/h3-6,11,22H,7-10H2,1-2H3. The van der Waals surface area contributed by atoms with E-state index in [9.17, 15) is 14.4 Å². The molecule has 1 amide bonds. The van der Waals surface area contributed by atoms with Gasteiger partial charge in [-0.05, 0) is 6.07 Å². The van der Waals surface area contributed by atoms with E-state index in [0.717, 1.165) is 27.5 Å². The predicted molar refractivity (Wildman–Crippen MR) is 108 cm³/mol. The number of nitrogens with one attached hydrogen (secondary N) is 1. The lowest BCUT2D eigenvalue weighted by Crippen LogP contribution is -2.39. The van der Waals surface area contributed by atoms with Gasteiger partial charge < -0.3 is 14.5 Å². The van der Waals surface area contributed by atoms with Gasteiger partial charge in [-0.15, -0.1) is 0 Å². The lowest BCUT2D eigenvalue weighted by molar-refractivity contribution is -0.132. The molecule has 5 rings (SSSR count). The minimum absolute atomic E-state index is 0.00162. The maximum absolute atomic E-state index is 13.0. The largest absolute Gasteiger partial charge is 0.358 e. The van der Waals surface area contributed by atoms with Crippen LogP contribution in [0.3, 0.4) is 0 Å². The number of hydrogen-bond donors (Lipinski definition) is 1. The molecular formula is C20H20N6O3. The van der Waals surface area contributed by atoms with Crippen molar-refractivity contribution in [3.05, 3.63) is 62.7 Å². The van der Waals surface area contributed by atoms with Gasteiger partial charge in [-0.25, -0.2) is 9.78 Å². The van der Waals surface area contributed by atoms with Crippen molar-refractivity contribution < 1.29 is 4.79 Å². The topological polar surface area (TPSA) is 97.9 Å². The summed E-state index contributed by atoms with van der Waals surface area (Å²) in [6, 6.07) is 8.09. The molecule has 1 aromatic carbocycles. The van der Waals surface area contributed by atoms with Crippen LogP contribution < -0.4 is 11.2 Å². The van der Waals surface area contributed by atoms with E-state index in [0.29, 0.717) is 13.1 Å². The minimum Gasteiger partial charge on any atom is -0.358 e. The van der Waals surface area contributed by atoms with Gasteiger partial charge in [0, 0.05) is 55.8 Å². The fourth-order valence-corrected chi connectivity index (χ4v) is 4.14. The molecule has 0 spiro atoms. The first kappa shape index (κ1) is 17.5. The van der Waals surface area contributed by atoms with Gasteiger partial charge in [0.25, 0.3) is 5.56 Å². The van der Waals surface area contributed by atoms with Gasteiger partial charge in [-0.3, -0.25) is 18.7 Å². The first-order chi connectivity index (χ1) is 14.0. The number of imidazole rings is 1. The quantitative estimate of drug-likeness (QED) is 0.537. The van der Waals surface area contributed by atoms with E-state index in [1.165, 1.54) is 28.2 Å². The molecule has 148 valence electrons. The van der Waals surface area contributed by atoms with Crippen LogP contribution in [0.4, 0.5) is 0 Å². The summed E-state index contributed by atoms with van der Waals surface area (Å²) in [5.41, 5.74) is 3.04. The second-order valence-electron chi connectivity index (χ2n) is 7.44. The lowest BCUT2D eigenvalue weighted by atomic mass is 10.0. The molecule has 1 aliphatic rings. The first-order valence-corrected chi connectivity index (χ1v) is 9.43. The molecule has 1 aliphatic heterocycles. The highest BCUT2D eigenvalue weighted by Gasteiger charge is 2.25. The molecule has 0 fully saturated rings. The smallest absolute Gasteiger partial charge is 0.332 e. The van der Waals surface area contributed by atoms with Gasteiger partial charge in [0.15, 0.2) is 11.2 Å². The third-order valence-electron chi connectivity index (χ3n) is 5.76. The number of amides is 1. The minimum atomic E-state index is -0.453. The molecule has 0 unspecified atom stereocenters. The van der Waals surface area contributed by atoms with Crippen LogP contribution in [0, 0.1) is 0 Å². The summed E-state index contributed by atoms with van der Waals surface area (Å²) < 4.78 is 3.88. The molecule has 0 bridgehead atoms. The third-order valence-corrected chi connectivity index (χ3v) is 5.76. The summed E-state index contributed by atoms with van der Waals surface area (Å²) in [5.74, 6) is -0.0869. The first-order valence-electron chi connectivity index (χ1n) is 9.43. The van der Waals surface area contributed by atoms with Crippen molar-refractivity contribution >= 4 is 28.0 Å². The van der Waals surface area contributed by atoms with Gasteiger partial charge in [0.1, 0.15) is 6.54 Å². The molecular weight excluding hydrogens is 372 g/mol. The molecule has 4 heterocycles. The van der Waals surface area contributed by atoms with E-state index in [1.807, 2.05) is 18.2 Å². The Labute approximate surface area is 164 Å². The number of carbonyl (C=O) groups is 1. The molecule has 4 aromatic rings. The van der Waals surface area contributed by atoms with Crippen molar-refractivity contribution in [2.45, 2.75) is 19.5 Å². The molecule has 0 aliphatic carbocycles. The number of aromatic amines is 1.